The molecular formula is C97H141K2N4O25P2S5+3. The van der Waals surface area contributed by atoms with Gasteiger partial charge in [-0.05, 0) is 154 Å². The van der Waals surface area contributed by atoms with Gasteiger partial charge < -0.3 is 33.2 Å². The van der Waals surface area contributed by atoms with Crippen molar-refractivity contribution in [1.29, 1.82) is 0 Å². The molecular weight excluding hydrogens is 1920 g/mol. The number of unbranched alkanes of at least 4 members (excludes halogenated alkanes) is 9. The average molecular weight is 2060 g/mol. The van der Waals surface area contributed by atoms with Crippen molar-refractivity contribution in [2.75, 3.05) is 63.3 Å². The summed E-state index contributed by atoms with van der Waals surface area (Å²) in [5.41, 5.74) is 13.1. The van der Waals surface area contributed by atoms with Crippen LogP contribution in [0.5, 0.6) is 0 Å². The van der Waals surface area contributed by atoms with Gasteiger partial charge in [-0.1, -0.05) is 190 Å². The van der Waals surface area contributed by atoms with Crippen LogP contribution in [0.2, 0.25) is 0 Å². The van der Waals surface area contributed by atoms with E-state index in [-0.39, 0.29) is 171 Å². The maximum absolute atomic E-state index is 13.8. The minimum atomic E-state index is -4.72. The van der Waals surface area contributed by atoms with Crippen LogP contribution in [0.4, 0.5) is 22.7 Å². The normalized spacial score (nSPS) is 18.1. The van der Waals surface area contributed by atoms with Crippen LogP contribution in [0.25, 0.3) is 0 Å². The van der Waals surface area contributed by atoms with Crippen molar-refractivity contribution in [3.63, 3.8) is 0 Å². The first kappa shape index (κ1) is 128. The van der Waals surface area contributed by atoms with Crippen LogP contribution in [0.3, 0.4) is 0 Å². The standard InChI is InChI=1S/C44H63N2O11PS2.C31H39NO2.C21H34NO3P.CH4.2K.3O3S/c1-8-12-29-45-37-25-23-33(5)31-35(37)43(6,27-18-14-17-22-42(47)48)39(45)20-15-13-16-21-40-44(7,28-30-58(49,56-10-3)57-11-4)36-32-34(59(50,51)52)24-26-38(36)46(40)41(19-9-2)60(53,54)55;1-3-4-16-25-32-28-21-14-13-20-27(28)31(2,24-15-7-12-23-30(33)34)29(32)22-11-6-10-19-26-17-8-5-9-18-26;1-6-9-12-16-22-18(4)21(5,19-13-10-11-14-20(19)22)15-17-26(23,24-7-2)25-8-3;;;;3*1-4(2)3/h13,15-16,20-21,23-26,31-32,41H,8-12,14,17-19,22,27-30H2,1-7H3,(H2-,47,48,50,51,52,53,54,55);5-6,8-11,14,17-18,20-22H,3-4,7,12,15-16,19,23-25H2,1-2H3,(H,33,34);11,13-14H,6-9,12,15-17H2,1-5H3;1H4;;;;;/q;;;;2*+1;;;/p+1. The van der Waals surface area contributed by atoms with Crippen LogP contribution in [0.1, 0.15) is 272 Å². The predicted molar refractivity (Wildman–Crippen MR) is 522 cm³/mol. The zero-order chi connectivity index (χ0) is 98.7. The third-order valence-electron chi connectivity index (χ3n) is 23.9. The van der Waals surface area contributed by atoms with E-state index in [1.807, 2.05) is 38.1 Å². The summed E-state index contributed by atoms with van der Waals surface area (Å²) in [6.07, 6.45) is 37.1. The number of hydrogen-bond donors (Lipinski definition) is 4. The topological polar surface area (TPSA) is 420 Å². The molecule has 5 aromatic rings. The molecule has 4 N–H and O–H groups in total. The molecule has 5 unspecified atom stereocenters. The summed E-state index contributed by atoms with van der Waals surface area (Å²) in [6.45, 7) is 32.4. The summed E-state index contributed by atoms with van der Waals surface area (Å²) >= 11 is 0. The van der Waals surface area contributed by atoms with Crippen LogP contribution in [-0.4, -0.2) is 181 Å². The summed E-state index contributed by atoms with van der Waals surface area (Å²) in [5, 5.41) is 16.7. The number of benzene rings is 5. The minimum absolute atomic E-state index is 0. The molecule has 0 aliphatic carbocycles. The summed E-state index contributed by atoms with van der Waals surface area (Å²) in [5.74, 6) is -1.50. The first-order chi connectivity index (χ1) is 62.4. The molecule has 38 heteroatoms. The van der Waals surface area contributed by atoms with E-state index in [1.165, 1.54) is 107 Å². The number of fused-ring (bicyclic) bond motifs is 4. The molecule has 0 saturated heterocycles. The molecule has 4 aliphatic heterocycles. The molecule has 0 spiro atoms. The van der Waals surface area contributed by atoms with E-state index in [4.69, 9.17) is 61.1 Å². The molecule has 9 rings (SSSR count). The van der Waals surface area contributed by atoms with Gasteiger partial charge in [0.15, 0.2) is 22.5 Å². The van der Waals surface area contributed by atoms with Crippen LogP contribution in [-0.2, 0) is 117 Å². The molecule has 738 valence electrons. The molecule has 5 aromatic carbocycles. The number of carbonyl (C=O) groups is 2. The van der Waals surface area contributed by atoms with E-state index in [0.717, 1.165) is 107 Å². The van der Waals surface area contributed by atoms with Crippen LogP contribution < -0.4 is 108 Å². The van der Waals surface area contributed by atoms with Crippen molar-refractivity contribution in [1.82, 2.24) is 0 Å². The maximum atomic E-state index is 13.8. The van der Waals surface area contributed by atoms with Crippen molar-refractivity contribution >= 4 is 119 Å². The number of hydrogen-bond acceptors (Lipinski definition) is 22. The number of aryl methyl sites for hydroxylation is 1. The molecule has 4 aliphatic rings. The Kier molecular flexibility index (Phi) is 60.3. The Morgan fingerprint density at radius 3 is 1.38 bits per heavy atom. The number of nitrogens with zero attached hydrogens (tertiary/aromatic N) is 4. The van der Waals surface area contributed by atoms with Crippen LogP contribution >= 0.6 is 15.2 Å². The Labute approximate surface area is 892 Å². The van der Waals surface area contributed by atoms with Crippen LogP contribution in [0.15, 0.2) is 168 Å². The second-order valence-electron chi connectivity index (χ2n) is 33.2. The van der Waals surface area contributed by atoms with E-state index in [1.54, 1.807) is 39.8 Å². The SMILES string of the molecule is C.CCCCC[N+]1=C(C)C(C)(CCP(=O)(OCC)OCC)c2c[c-]ccc21.CCCCC[N+]1=C(C=CC=CCc2ccccc2)C(C)(CCCCCC(=O)O)c2c[c-]ccc21.CCCC[N+]1=C(C=CC=CC=C2N(C(CCC)S(=O)(=O)O)c3ccc(S(=O)(=O)O)cc3C2(C)CCP(=O)(OCC)OCC)C(C)(CCCCCC(=O)O)c2cc(C)ccc21.O=S(=O)=O.O=S(=O)=O.O=S(=O)=O.[K+].[K+]. The summed E-state index contributed by atoms with van der Waals surface area (Å²) in [7, 11) is -25.4. The number of aliphatic carboxylic acids is 2. The first-order valence-corrected chi connectivity index (χ1v) is 54.6. The van der Waals surface area contributed by atoms with Gasteiger partial charge in [0.25, 0.3) is 20.2 Å². The number of carboxylic acids is 2. The zero-order valence-electron chi connectivity index (χ0n) is 80.8. The molecule has 135 heavy (non-hydrogen) atoms. The van der Waals surface area contributed by atoms with Gasteiger partial charge in [-0.25, -0.2) is 9.15 Å². The monoisotopic (exact) mass is 2060 g/mol. The van der Waals surface area contributed by atoms with Gasteiger partial charge in [0.05, 0.1) is 49.1 Å². The van der Waals surface area contributed by atoms with Crippen LogP contribution in [0, 0.1) is 19.1 Å². The van der Waals surface area contributed by atoms with Gasteiger partial charge in [-0.15, -0.1) is 50.0 Å². The van der Waals surface area contributed by atoms with Crippen molar-refractivity contribution in [3.8, 4) is 0 Å². The van der Waals surface area contributed by atoms with E-state index in [9.17, 15) is 49.8 Å². The smallest absolute Gasteiger partial charge is 0.481 e. The van der Waals surface area contributed by atoms with Gasteiger partial charge in [-0.3, -0.25) is 27.8 Å². The molecule has 29 nitrogen and oxygen atoms in total. The average Bonchev–Trinajstić information content (AvgIpc) is 1.53. The summed E-state index contributed by atoms with van der Waals surface area (Å²) in [6, 6.07) is 40.1. The van der Waals surface area contributed by atoms with Crippen molar-refractivity contribution in [3.05, 3.63) is 209 Å². The number of carboxylic acid groups (broad SMARTS) is 2. The first-order valence-electron chi connectivity index (χ1n) is 45.2. The summed E-state index contributed by atoms with van der Waals surface area (Å²) < 4.78 is 204. The molecule has 0 radical (unpaired) electrons. The summed E-state index contributed by atoms with van der Waals surface area (Å²) in [4.78, 5) is 23.2. The third-order valence-corrected chi connectivity index (χ3v) is 30.0. The molecule has 5 atom stereocenters. The Balaban J connectivity index is 0.00000102. The number of rotatable bonds is 49. The van der Waals surface area contributed by atoms with E-state index in [2.05, 4.69) is 184 Å². The predicted octanol–water partition coefficient (Wildman–Crippen LogP) is 14.6. The molecule has 0 amide bonds. The van der Waals surface area contributed by atoms with Gasteiger partial charge in [0.2, 0.25) is 5.69 Å². The fourth-order valence-electron chi connectivity index (χ4n) is 17.3. The molecule has 0 fully saturated rings. The zero-order valence-corrected chi connectivity index (χ0v) is 92.9. The van der Waals surface area contributed by atoms with Gasteiger partial charge in [0.1, 0.15) is 31.0 Å². The fourth-order valence-corrected chi connectivity index (χ4v) is 22.5. The van der Waals surface area contributed by atoms with E-state index < -0.39 is 94.9 Å². The molecule has 4 heterocycles. The minimum Gasteiger partial charge on any atom is -0.481 e. The van der Waals surface area contributed by atoms with Crippen molar-refractivity contribution in [2.24, 2.45) is 0 Å². The molecule has 0 saturated carbocycles. The second-order valence-corrected chi connectivity index (χ2v) is 41.8. The third kappa shape index (κ3) is 39.9. The Bertz CT molecular complexity index is 5560. The van der Waals surface area contributed by atoms with Gasteiger partial charge in [0, 0.05) is 90.4 Å². The Hall–Kier alpha value is -5.20. The molecule has 0 bridgehead atoms. The van der Waals surface area contributed by atoms with E-state index >= 15 is 0 Å². The van der Waals surface area contributed by atoms with Gasteiger partial charge >= 0.3 is 162 Å². The second kappa shape index (κ2) is 63.7. The Morgan fingerprint density at radius 2 is 0.926 bits per heavy atom. The number of anilines is 1. The largest absolute Gasteiger partial charge is 1.00 e. The fraction of sp³-hybridized carbons (Fsp3) is 0.536. The van der Waals surface area contributed by atoms with E-state index in [0.29, 0.717) is 49.2 Å². The maximum Gasteiger partial charge on any atom is 1.00 e. The van der Waals surface area contributed by atoms with Crippen molar-refractivity contribution < 1.29 is 227 Å². The quantitative estimate of drug-likeness (QED) is 0.00534. The Morgan fingerprint density at radius 1 is 0.489 bits per heavy atom. The van der Waals surface area contributed by atoms with Gasteiger partial charge in [-0.2, -0.15) is 57.8 Å². The number of allylic oxidation sites excluding steroid dienone is 10. The van der Waals surface area contributed by atoms with Crippen molar-refractivity contribution in [2.45, 2.75) is 284 Å². The molecule has 0 aromatic heterocycles.